The summed E-state index contributed by atoms with van der Waals surface area (Å²) in [7, 11) is 0. The normalized spacial score (nSPS) is 18.9. The van der Waals surface area contributed by atoms with Crippen LogP contribution in [0.25, 0.3) is 10.9 Å². The van der Waals surface area contributed by atoms with E-state index in [0.29, 0.717) is 50.3 Å². The number of hydrogen-bond donors (Lipinski definition) is 2. The number of nitrogens with two attached hydrogens (primary N) is 1. The van der Waals surface area contributed by atoms with Gasteiger partial charge in [0.1, 0.15) is 5.60 Å². The van der Waals surface area contributed by atoms with Gasteiger partial charge in [0.05, 0.1) is 35.5 Å². The summed E-state index contributed by atoms with van der Waals surface area (Å²) in [6, 6.07) is 5.75. The Hall–Kier alpha value is -2.74. The van der Waals surface area contributed by atoms with Gasteiger partial charge in [0.2, 0.25) is 5.88 Å². The van der Waals surface area contributed by atoms with E-state index in [1.807, 2.05) is 57.4 Å². The van der Waals surface area contributed by atoms with Crippen LogP contribution in [0.3, 0.4) is 0 Å². The molecule has 2 aliphatic rings. The van der Waals surface area contributed by atoms with Crippen molar-refractivity contribution in [2.45, 2.75) is 64.7 Å². The number of hydrogen-bond acceptors (Lipinski definition) is 6. The number of piperidine rings is 1. The first-order valence-corrected chi connectivity index (χ1v) is 11.3. The summed E-state index contributed by atoms with van der Waals surface area (Å²) in [6.07, 6.45) is 1.13. The summed E-state index contributed by atoms with van der Waals surface area (Å²) >= 11 is 0. The first kappa shape index (κ1) is 22.5. The van der Waals surface area contributed by atoms with Crippen LogP contribution in [0.15, 0.2) is 23.2 Å². The highest BCUT2D eigenvalue weighted by molar-refractivity contribution is 6.14. The summed E-state index contributed by atoms with van der Waals surface area (Å²) in [6.45, 7) is 11.6. The Bertz CT molecular complexity index is 1060. The molecule has 0 unspecified atom stereocenters. The van der Waals surface area contributed by atoms with Gasteiger partial charge in [-0.3, -0.25) is 4.99 Å². The average Bonchev–Trinajstić information content (AvgIpc) is 2.99. The Morgan fingerprint density at radius 1 is 1.28 bits per heavy atom. The first-order valence-electron chi connectivity index (χ1n) is 11.3. The Balaban J connectivity index is 1.54. The zero-order chi connectivity index (χ0) is 23.3. The van der Waals surface area contributed by atoms with E-state index < -0.39 is 5.60 Å². The van der Waals surface area contributed by atoms with Crippen molar-refractivity contribution in [2.24, 2.45) is 4.99 Å². The van der Waals surface area contributed by atoms with Crippen molar-refractivity contribution in [2.75, 3.05) is 32.0 Å². The molecule has 4 rings (SSSR count). The number of ether oxygens (including phenoxy) is 2. The van der Waals surface area contributed by atoms with Crippen molar-refractivity contribution in [1.29, 1.82) is 0 Å². The average molecular weight is 443 g/mol. The highest BCUT2D eigenvalue weighted by Gasteiger charge is 2.40. The van der Waals surface area contributed by atoms with E-state index in [1.54, 1.807) is 4.90 Å². The van der Waals surface area contributed by atoms with Crippen molar-refractivity contribution in [3.63, 3.8) is 0 Å². The van der Waals surface area contributed by atoms with E-state index in [4.69, 9.17) is 20.2 Å². The molecule has 1 saturated heterocycles. The molecule has 0 saturated carbocycles. The summed E-state index contributed by atoms with van der Waals surface area (Å²) in [4.78, 5) is 19.0. The molecule has 8 heteroatoms. The van der Waals surface area contributed by atoms with E-state index >= 15 is 0 Å². The molecule has 8 nitrogen and oxygen atoms in total. The molecule has 1 spiro atoms. The number of carbonyl (C=O) groups excluding carboxylic acids is 1. The molecule has 0 atom stereocenters. The molecule has 174 valence electrons. The number of likely N-dealkylation sites (tertiary alicyclic amines) is 1. The number of anilines is 1. The SMILES string of the molecule is CC(C)n1c(O)c(C2=NCC3(CCN(C(=O)OC(C)(C)C)CC3)OC2)c2cc(N)ccc21. The number of fused-ring (bicyclic) bond motifs is 1. The fourth-order valence-corrected chi connectivity index (χ4v) is 4.56. The number of nitrogens with zero attached hydrogens (tertiary/aromatic N) is 3. The van der Waals surface area contributed by atoms with Crippen LogP contribution in [0.1, 0.15) is 59.1 Å². The second kappa shape index (κ2) is 7.99. The van der Waals surface area contributed by atoms with Crippen molar-refractivity contribution in [3.05, 3.63) is 23.8 Å². The lowest BCUT2D eigenvalue weighted by molar-refractivity contribution is -0.0692. The van der Waals surface area contributed by atoms with Gasteiger partial charge >= 0.3 is 6.09 Å². The molecule has 0 bridgehead atoms. The number of rotatable bonds is 2. The Labute approximate surface area is 189 Å². The molecule has 0 radical (unpaired) electrons. The smallest absolute Gasteiger partial charge is 0.410 e. The molecule has 0 aliphatic carbocycles. The standard InChI is InChI=1S/C24H34N4O4/c1-15(2)28-19-7-6-16(25)12-17(19)20(21(28)29)18-13-31-24(14-26-18)8-10-27(11-9-24)22(30)32-23(3,4)5/h6-7,12,15,29H,8-11,13-14,25H2,1-5H3. The van der Waals surface area contributed by atoms with Crippen LogP contribution in [0, 0.1) is 0 Å². The zero-order valence-electron chi connectivity index (χ0n) is 19.6. The topological polar surface area (TPSA) is 102 Å². The molecule has 2 aliphatic heterocycles. The van der Waals surface area contributed by atoms with Crippen LogP contribution in [0.4, 0.5) is 10.5 Å². The molecule has 3 N–H and O–H groups in total. The molecule has 1 fully saturated rings. The monoisotopic (exact) mass is 442 g/mol. The number of nitrogen functional groups attached to an aromatic ring is 1. The first-order chi connectivity index (χ1) is 15.0. The lowest BCUT2D eigenvalue weighted by Crippen LogP contribution is -2.52. The molecule has 1 amide bonds. The van der Waals surface area contributed by atoms with Gasteiger partial charge in [-0.05, 0) is 65.7 Å². The van der Waals surface area contributed by atoms with Gasteiger partial charge in [-0.15, -0.1) is 0 Å². The molecule has 2 aromatic rings. The van der Waals surface area contributed by atoms with Gasteiger partial charge in [0.25, 0.3) is 0 Å². The van der Waals surface area contributed by atoms with E-state index in [-0.39, 0.29) is 23.6 Å². The third-order valence-electron chi connectivity index (χ3n) is 6.21. The van der Waals surface area contributed by atoms with Crippen LogP contribution in [-0.2, 0) is 9.47 Å². The van der Waals surface area contributed by atoms with Crippen molar-refractivity contribution in [3.8, 4) is 5.88 Å². The number of aromatic hydroxyl groups is 1. The lowest BCUT2D eigenvalue weighted by atomic mass is 9.90. The second-order valence-electron chi connectivity index (χ2n) is 10.1. The van der Waals surface area contributed by atoms with Crippen LogP contribution >= 0.6 is 0 Å². The number of aromatic nitrogens is 1. The van der Waals surface area contributed by atoms with Gasteiger partial charge in [-0.1, -0.05) is 0 Å². The number of carbonyl (C=O) groups is 1. The predicted octanol–water partition coefficient (Wildman–Crippen LogP) is 4.10. The minimum atomic E-state index is -0.507. The van der Waals surface area contributed by atoms with E-state index in [0.717, 1.165) is 16.6 Å². The summed E-state index contributed by atoms with van der Waals surface area (Å²) in [5, 5.41) is 11.9. The maximum absolute atomic E-state index is 12.4. The minimum Gasteiger partial charge on any atom is -0.494 e. The van der Waals surface area contributed by atoms with Crippen LogP contribution in [0.5, 0.6) is 5.88 Å². The third kappa shape index (κ3) is 4.16. The Morgan fingerprint density at radius 3 is 2.53 bits per heavy atom. The summed E-state index contributed by atoms with van der Waals surface area (Å²) < 4.78 is 13.7. The molecule has 1 aromatic carbocycles. The van der Waals surface area contributed by atoms with Gasteiger partial charge in [0, 0.05) is 30.2 Å². The van der Waals surface area contributed by atoms with Gasteiger partial charge in [-0.25, -0.2) is 4.79 Å². The van der Waals surface area contributed by atoms with Crippen molar-refractivity contribution in [1.82, 2.24) is 9.47 Å². The number of aliphatic imine (C=N–C) groups is 1. The van der Waals surface area contributed by atoms with Crippen molar-refractivity contribution < 1.29 is 19.4 Å². The second-order valence-corrected chi connectivity index (χ2v) is 10.1. The van der Waals surface area contributed by atoms with Crippen LogP contribution < -0.4 is 5.73 Å². The van der Waals surface area contributed by atoms with Gasteiger partial charge in [-0.2, -0.15) is 0 Å². The van der Waals surface area contributed by atoms with E-state index in [9.17, 15) is 9.90 Å². The van der Waals surface area contributed by atoms with E-state index in [1.165, 1.54) is 0 Å². The molecule has 3 heterocycles. The molecule has 32 heavy (non-hydrogen) atoms. The fraction of sp³-hybridized carbons (Fsp3) is 0.583. The zero-order valence-corrected chi connectivity index (χ0v) is 19.6. The quantitative estimate of drug-likeness (QED) is 0.682. The fourth-order valence-electron chi connectivity index (χ4n) is 4.56. The highest BCUT2D eigenvalue weighted by atomic mass is 16.6. The predicted molar refractivity (Wildman–Crippen MR) is 126 cm³/mol. The highest BCUT2D eigenvalue weighted by Crippen LogP contribution is 2.38. The maximum Gasteiger partial charge on any atom is 0.410 e. The van der Waals surface area contributed by atoms with Gasteiger partial charge in [0.15, 0.2) is 0 Å². The minimum absolute atomic E-state index is 0.0866. The van der Waals surface area contributed by atoms with Gasteiger partial charge < -0.3 is 29.8 Å². The summed E-state index contributed by atoms with van der Waals surface area (Å²) in [5.74, 6) is 0.193. The van der Waals surface area contributed by atoms with Crippen LogP contribution in [0.2, 0.25) is 0 Å². The summed E-state index contributed by atoms with van der Waals surface area (Å²) in [5.41, 5.74) is 8.15. The number of benzene rings is 1. The molecular weight excluding hydrogens is 408 g/mol. The third-order valence-corrected chi connectivity index (χ3v) is 6.21. The van der Waals surface area contributed by atoms with E-state index in [2.05, 4.69) is 0 Å². The maximum atomic E-state index is 12.4. The lowest BCUT2D eigenvalue weighted by Gasteiger charge is -2.42. The Kier molecular flexibility index (Phi) is 5.61. The largest absolute Gasteiger partial charge is 0.494 e. The Morgan fingerprint density at radius 2 is 1.97 bits per heavy atom. The number of amides is 1. The van der Waals surface area contributed by atoms with Crippen molar-refractivity contribution >= 4 is 28.4 Å². The molecular formula is C24H34N4O4. The van der Waals surface area contributed by atoms with Crippen LogP contribution in [-0.4, -0.2) is 63.8 Å². The molecule has 1 aromatic heterocycles.